The van der Waals surface area contributed by atoms with Crippen molar-refractivity contribution in [3.8, 4) is 0 Å². The maximum absolute atomic E-state index is 13.6. The molecule has 1 aromatic rings. The van der Waals surface area contributed by atoms with Crippen molar-refractivity contribution < 1.29 is 4.39 Å². The van der Waals surface area contributed by atoms with Crippen LogP contribution in [-0.4, -0.2) is 17.0 Å². The minimum atomic E-state index is -0.363. The monoisotopic (exact) mass is 183 g/mol. The molecule has 13 heavy (non-hydrogen) atoms. The second-order valence-electron chi connectivity index (χ2n) is 3.88. The van der Waals surface area contributed by atoms with Gasteiger partial charge in [0.05, 0.1) is 5.69 Å². The van der Waals surface area contributed by atoms with E-state index < -0.39 is 0 Å². The van der Waals surface area contributed by atoms with Gasteiger partial charge in [-0.3, -0.25) is 0 Å². The van der Waals surface area contributed by atoms with Gasteiger partial charge in [0, 0.05) is 12.5 Å². The fraction of sp³-hybridized carbons (Fsp3) is 0.556. The largest absolute Gasteiger partial charge is 0.371 e. The third kappa shape index (κ3) is 1.94. The molecule has 1 heterocycles. The van der Waals surface area contributed by atoms with Gasteiger partial charge in [0.15, 0.2) is 11.6 Å². The zero-order chi connectivity index (χ0) is 10.1. The van der Waals surface area contributed by atoms with Gasteiger partial charge in [-0.25, -0.2) is 14.4 Å². The summed E-state index contributed by atoms with van der Waals surface area (Å²) >= 11 is 0. The van der Waals surface area contributed by atoms with Crippen LogP contribution in [0.2, 0.25) is 0 Å². The van der Waals surface area contributed by atoms with Crippen LogP contribution >= 0.6 is 0 Å². The molecule has 0 fully saturated rings. The number of hydrogen-bond donors (Lipinski definition) is 1. The van der Waals surface area contributed by atoms with Crippen molar-refractivity contribution in [1.29, 1.82) is 0 Å². The molecule has 0 aromatic carbocycles. The molecule has 0 atom stereocenters. The first kappa shape index (κ1) is 9.89. The summed E-state index contributed by atoms with van der Waals surface area (Å²) in [4.78, 5) is 7.71. The predicted molar refractivity (Wildman–Crippen MR) is 50.2 cm³/mol. The van der Waals surface area contributed by atoms with E-state index in [1.807, 2.05) is 20.8 Å². The lowest BCUT2D eigenvalue weighted by molar-refractivity contribution is 0.500. The Labute approximate surface area is 77.4 Å². The van der Waals surface area contributed by atoms with E-state index in [4.69, 9.17) is 0 Å². The summed E-state index contributed by atoms with van der Waals surface area (Å²) < 4.78 is 13.6. The zero-order valence-electron chi connectivity index (χ0n) is 8.35. The Kier molecular flexibility index (Phi) is 2.50. The summed E-state index contributed by atoms with van der Waals surface area (Å²) in [5.41, 5.74) is 0.144. The van der Waals surface area contributed by atoms with Crippen LogP contribution in [0.5, 0.6) is 0 Å². The van der Waals surface area contributed by atoms with Crippen molar-refractivity contribution in [3.05, 3.63) is 17.8 Å². The maximum atomic E-state index is 13.6. The molecule has 0 saturated heterocycles. The van der Waals surface area contributed by atoms with Gasteiger partial charge >= 0.3 is 0 Å². The first-order chi connectivity index (χ1) is 5.96. The highest BCUT2D eigenvalue weighted by Crippen LogP contribution is 2.24. The molecular weight excluding hydrogens is 169 g/mol. The molecule has 0 unspecified atom stereocenters. The molecule has 1 rings (SSSR count). The molecular formula is C9H14FN3. The van der Waals surface area contributed by atoms with Crippen LogP contribution in [0.4, 0.5) is 10.2 Å². The van der Waals surface area contributed by atoms with Crippen LogP contribution in [0, 0.1) is 5.82 Å². The van der Waals surface area contributed by atoms with E-state index in [2.05, 4.69) is 15.3 Å². The number of rotatable bonds is 1. The molecule has 4 heteroatoms. The molecule has 0 radical (unpaired) electrons. The Bertz CT molecular complexity index is 304. The Morgan fingerprint density at radius 1 is 1.31 bits per heavy atom. The molecule has 3 nitrogen and oxygen atoms in total. The molecule has 0 saturated carbocycles. The molecule has 0 aliphatic carbocycles. The third-order valence-corrected chi connectivity index (χ3v) is 1.74. The number of nitrogens with one attached hydrogen (secondary N) is 1. The van der Waals surface area contributed by atoms with Gasteiger partial charge in [-0.2, -0.15) is 0 Å². The molecule has 1 N–H and O–H groups in total. The highest BCUT2D eigenvalue weighted by atomic mass is 19.1. The fourth-order valence-corrected chi connectivity index (χ4v) is 1.07. The van der Waals surface area contributed by atoms with E-state index in [0.717, 1.165) is 0 Å². The average Bonchev–Trinajstić information content (AvgIpc) is 2.02. The quantitative estimate of drug-likeness (QED) is 0.723. The zero-order valence-corrected chi connectivity index (χ0v) is 8.35. The van der Waals surface area contributed by atoms with Crippen molar-refractivity contribution in [2.75, 3.05) is 12.4 Å². The molecule has 0 amide bonds. The Morgan fingerprint density at radius 2 is 1.92 bits per heavy atom. The number of aromatic nitrogens is 2. The molecule has 0 aliphatic heterocycles. The van der Waals surface area contributed by atoms with Gasteiger partial charge in [-0.05, 0) is 0 Å². The topological polar surface area (TPSA) is 37.8 Å². The van der Waals surface area contributed by atoms with Crippen LogP contribution < -0.4 is 5.32 Å². The predicted octanol–water partition coefficient (Wildman–Crippen LogP) is 1.95. The molecule has 0 bridgehead atoms. The lowest BCUT2D eigenvalue weighted by Crippen LogP contribution is -2.17. The smallest absolute Gasteiger partial charge is 0.187 e. The highest BCUT2D eigenvalue weighted by molar-refractivity contribution is 5.38. The minimum Gasteiger partial charge on any atom is -0.371 e. The van der Waals surface area contributed by atoms with Gasteiger partial charge in [-0.1, -0.05) is 20.8 Å². The lowest BCUT2D eigenvalue weighted by Gasteiger charge is -2.18. The van der Waals surface area contributed by atoms with Crippen LogP contribution in [0.3, 0.4) is 0 Å². The van der Waals surface area contributed by atoms with E-state index in [0.29, 0.717) is 5.69 Å². The molecule has 72 valence electrons. The van der Waals surface area contributed by atoms with E-state index in [1.165, 1.54) is 6.33 Å². The van der Waals surface area contributed by atoms with Crippen LogP contribution in [0.1, 0.15) is 26.5 Å². The highest BCUT2D eigenvalue weighted by Gasteiger charge is 2.22. The Hall–Kier alpha value is -1.19. The van der Waals surface area contributed by atoms with Crippen molar-refractivity contribution in [3.63, 3.8) is 0 Å². The number of halogens is 1. The third-order valence-electron chi connectivity index (χ3n) is 1.74. The van der Waals surface area contributed by atoms with Gasteiger partial charge in [0.25, 0.3) is 0 Å². The van der Waals surface area contributed by atoms with Gasteiger partial charge in [0.1, 0.15) is 6.33 Å². The average molecular weight is 183 g/mol. The molecule has 1 aromatic heterocycles. The van der Waals surface area contributed by atoms with Crippen LogP contribution in [0.25, 0.3) is 0 Å². The summed E-state index contributed by atoms with van der Waals surface area (Å²) in [5, 5.41) is 2.68. The van der Waals surface area contributed by atoms with Crippen molar-refractivity contribution in [1.82, 2.24) is 9.97 Å². The van der Waals surface area contributed by atoms with E-state index >= 15 is 0 Å². The number of nitrogens with zero attached hydrogens (tertiary/aromatic N) is 2. The molecule has 0 aliphatic rings. The van der Waals surface area contributed by atoms with E-state index in [9.17, 15) is 4.39 Å². The Morgan fingerprint density at radius 3 is 2.38 bits per heavy atom. The summed E-state index contributed by atoms with van der Waals surface area (Å²) in [5.74, 6) is -0.113. The van der Waals surface area contributed by atoms with Gasteiger partial charge < -0.3 is 5.32 Å². The number of hydrogen-bond acceptors (Lipinski definition) is 3. The van der Waals surface area contributed by atoms with E-state index in [1.54, 1.807) is 7.05 Å². The normalized spacial score (nSPS) is 11.5. The summed E-state index contributed by atoms with van der Waals surface area (Å²) in [6, 6.07) is 0. The minimum absolute atomic E-state index is 0.250. The van der Waals surface area contributed by atoms with Gasteiger partial charge in [-0.15, -0.1) is 0 Å². The standard InChI is InChI=1S/C9H14FN3/c1-9(2,3)7-6(10)8(11-4)13-5-12-7/h5H,1-4H3,(H,11,12,13). The van der Waals surface area contributed by atoms with Crippen molar-refractivity contribution >= 4 is 5.82 Å². The molecule has 0 spiro atoms. The van der Waals surface area contributed by atoms with Crippen LogP contribution in [-0.2, 0) is 5.41 Å². The first-order valence-electron chi connectivity index (χ1n) is 4.15. The Balaban J connectivity index is 3.24. The SMILES string of the molecule is CNc1ncnc(C(C)(C)C)c1F. The first-order valence-corrected chi connectivity index (χ1v) is 4.15. The second kappa shape index (κ2) is 3.28. The van der Waals surface area contributed by atoms with Crippen molar-refractivity contribution in [2.45, 2.75) is 26.2 Å². The van der Waals surface area contributed by atoms with Gasteiger partial charge in [0.2, 0.25) is 0 Å². The number of anilines is 1. The second-order valence-corrected chi connectivity index (χ2v) is 3.88. The fourth-order valence-electron chi connectivity index (χ4n) is 1.07. The lowest BCUT2D eigenvalue weighted by atomic mass is 9.91. The summed E-state index contributed by atoms with van der Waals surface area (Å²) in [7, 11) is 1.64. The summed E-state index contributed by atoms with van der Waals surface area (Å²) in [6.45, 7) is 5.74. The maximum Gasteiger partial charge on any atom is 0.187 e. The van der Waals surface area contributed by atoms with Crippen molar-refractivity contribution in [2.24, 2.45) is 0 Å². The van der Waals surface area contributed by atoms with Crippen LogP contribution in [0.15, 0.2) is 6.33 Å². The van der Waals surface area contributed by atoms with E-state index in [-0.39, 0.29) is 17.1 Å². The summed E-state index contributed by atoms with van der Waals surface area (Å²) in [6.07, 6.45) is 1.37.